The molecule has 0 fully saturated rings. The monoisotopic (exact) mass is 313 g/mol. The molecule has 0 aliphatic heterocycles. The van der Waals surface area contributed by atoms with E-state index < -0.39 is 6.10 Å². The zero-order valence-corrected chi connectivity index (χ0v) is 11.3. The third kappa shape index (κ3) is 3.18. The van der Waals surface area contributed by atoms with E-state index in [2.05, 4.69) is 26.2 Å². The molecule has 1 atom stereocenters. The Balaban J connectivity index is 1.98. The van der Waals surface area contributed by atoms with Crippen LogP contribution in [-0.4, -0.2) is 16.6 Å². The van der Waals surface area contributed by atoms with Crippen LogP contribution in [-0.2, 0) is 0 Å². The molecular weight excluding hydrogens is 302 g/mol. The van der Waals surface area contributed by atoms with Gasteiger partial charge in [-0.15, -0.1) is 0 Å². The van der Waals surface area contributed by atoms with Crippen molar-refractivity contribution in [2.24, 2.45) is 0 Å². The molecule has 17 heavy (non-hydrogen) atoms. The lowest BCUT2D eigenvalue weighted by molar-refractivity contribution is 0.192. The number of nitrogens with two attached hydrogens (primary N) is 1. The number of aliphatic hydroxyl groups is 1. The third-order valence-corrected chi connectivity index (χ3v) is 3.41. The van der Waals surface area contributed by atoms with Gasteiger partial charge in [-0.3, -0.25) is 0 Å². The molecule has 0 bridgehead atoms. The van der Waals surface area contributed by atoms with Crippen LogP contribution in [0.4, 0.5) is 11.5 Å². The fourth-order valence-corrected chi connectivity index (χ4v) is 2.43. The molecule has 0 radical (unpaired) electrons. The van der Waals surface area contributed by atoms with E-state index in [-0.39, 0.29) is 0 Å². The molecule has 6 heteroatoms. The second kappa shape index (κ2) is 5.48. The van der Waals surface area contributed by atoms with Gasteiger partial charge in [0.2, 0.25) is 0 Å². The van der Waals surface area contributed by atoms with Gasteiger partial charge in [0.05, 0.1) is 11.8 Å². The Bertz CT molecular complexity index is 489. The van der Waals surface area contributed by atoms with Crippen LogP contribution in [0.2, 0.25) is 0 Å². The van der Waals surface area contributed by atoms with Crippen LogP contribution >= 0.6 is 27.3 Å². The van der Waals surface area contributed by atoms with Crippen LogP contribution in [0.3, 0.4) is 0 Å². The third-order valence-electron chi connectivity index (χ3n) is 2.27. The molecular formula is C11H12BrN3OS. The largest absolute Gasteiger partial charge is 0.396 e. The second-order valence-corrected chi connectivity index (χ2v) is 5.24. The first-order chi connectivity index (χ1) is 8.16. The molecule has 4 N–H and O–H groups in total. The zero-order chi connectivity index (χ0) is 12.3. The molecule has 0 saturated carbocycles. The summed E-state index contributed by atoms with van der Waals surface area (Å²) in [7, 11) is 0. The summed E-state index contributed by atoms with van der Waals surface area (Å²) in [5, 5.41) is 16.8. The van der Waals surface area contributed by atoms with Crippen molar-refractivity contribution in [1.82, 2.24) is 4.98 Å². The lowest BCUT2D eigenvalue weighted by atomic mass is 10.2. The van der Waals surface area contributed by atoms with Crippen LogP contribution in [0.15, 0.2) is 33.6 Å². The van der Waals surface area contributed by atoms with Gasteiger partial charge in [-0.05, 0) is 44.4 Å². The quantitative estimate of drug-likeness (QED) is 0.811. The number of thiophene rings is 1. The topological polar surface area (TPSA) is 71.2 Å². The van der Waals surface area contributed by atoms with Gasteiger partial charge in [-0.25, -0.2) is 4.98 Å². The van der Waals surface area contributed by atoms with Crippen molar-refractivity contribution in [3.8, 4) is 0 Å². The number of aliphatic hydroxyl groups excluding tert-OH is 1. The first-order valence-corrected chi connectivity index (χ1v) is 6.75. The van der Waals surface area contributed by atoms with Gasteiger partial charge in [0.25, 0.3) is 0 Å². The maximum atomic E-state index is 9.88. The number of hydrogen-bond acceptors (Lipinski definition) is 5. The summed E-state index contributed by atoms with van der Waals surface area (Å²) in [6, 6.07) is 3.67. The number of hydrogen-bond donors (Lipinski definition) is 3. The fraction of sp³-hybridized carbons (Fsp3) is 0.182. The highest BCUT2D eigenvalue weighted by molar-refractivity contribution is 9.10. The van der Waals surface area contributed by atoms with Crippen molar-refractivity contribution < 1.29 is 5.11 Å². The minimum Gasteiger partial charge on any atom is -0.396 e. The normalized spacial score (nSPS) is 12.4. The molecule has 4 nitrogen and oxygen atoms in total. The van der Waals surface area contributed by atoms with E-state index in [1.54, 1.807) is 23.6 Å². The minimum absolute atomic E-state index is 0.384. The van der Waals surface area contributed by atoms with Gasteiger partial charge in [-0.2, -0.15) is 11.3 Å². The van der Waals surface area contributed by atoms with E-state index in [4.69, 9.17) is 5.73 Å². The summed E-state index contributed by atoms with van der Waals surface area (Å²) >= 11 is 4.85. The van der Waals surface area contributed by atoms with Crippen molar-refractivity contribution in [1.29, 1.82) is 0 Å². The summed E-state index contributed by atoms with van der Waals surface area (Å²) in [6.45, 7) is 0.384. The molecule has 0 spiro atoms. The van der Waals surface area contributed by atoms with E-state index in [0.29, 0.717) is 18.1 Å². The van der Waals surface area contributed by atoms with Gasteiger partial charge >= 0.3 is 0 Å². The average molecular weight is 314 g/mol. The van der Waals surface area contributed by atoms with Crippen LogP contribution in [0.5, 0.6) is 0 Å². The Labute approximate surface area is 112 Å². The number of nitrogen functional groups attached to an aromatic ring is 1. The van der Waals surface area contributed by atoms with E-state index in [9.17, 15) is 5.11 Å². The zero-order valence-electron chi connectivity index (χ0n) is 8.93. The molecule has 90 valence electrons. The van der Waals surface area contributed by atoms with E-state index in [1.165, 1.54) is 0 Å². The highest BCUT2D eigenvalue weighted by atomic mass is 79.9. The lowest BCUT2D eigenvalue weighted by Crippen LogP contribution is -2.13. The molecule has 0 saturated heterocycles. The van der Waals surface area contributed by atoms with Gasteiger partial charge in [0, 0.05) is 17.2 Å². The molecule has 2 rings (SSSR count). The number of nitrogens with one attached hydrogen (secondary N) is 1. The maximum absolute atomic E-state index is 9.88. The molecule has 2 heterocycles. The minimum atomic E-state index is -0.550. The molecule has 2 aromatic rings. The highest BCUT2D eigenvalue weighted by Crippen LogP contribution is 2.21. The number of nitrogens with zero attached hydrogens (tertiary/aromatic N) is 1. The van der Waals surface area contributed by atoms with Crippen LogP contribution < -0.4 is 11.1 Å². The Morgan fingerprint density at radius 1 is 1.59 bits per heavy atom. The lowest BCUT2D eigenvalue weighted by Gasteiger charge is -2.12. The van der Waals surface area contributed by atoms with Crippen molar-refractivity contribution >= 4 is 38.8 Å². The van der Waals surface area contributed by atoms with E-state index in [0.717, 1.165) is 10.0 Å². The Hall–Kier alpha value is -1.11. The summed E-state index contributed by atoms with van der Waals surface area (Å²) in [5.74, 6) is 0.586. The van der Waals surface area contributed by atoms with Gasteiger partial charge in [0.15, 0.2) is 0 Å². The SMILES string of the molecule is Nc1cc(Br)cnc1NCC(O)c1ccsc1. The molecule has 0 aliphatic rings. The summed E-state index contributed by atoms with van der Waals surface area (Å²) in [6.07, 6.45) is 1.11. The summed E-state index contributed by atoms with van der Waals surface area (Å²) in [5.41, 5.74) is 7.25. The molecule has 0 aromatic carbocycles. The Kier molecular flexibility index (Phi) is 3.98. The maximum Gasteiger partial charge on any atom is 0.149 e. The standard InChI is InChI=1S/C11H12BrN3OS/c12-8-3-9(13)11(14-4-8)15-5-10(16)7-1-2-17-6-7/h1-4,6,10,16H,5,13H2,(H,14,15). The van der Waals surface area contributed by atoms with Crippen LogP contribution in [0.25, 0.3) is 0 Å². The van der Waals surface area contributed by atoms with Crippen molar-refractivity contribution in [2.45, 2.75) is 6.10 Å². The van der Waals surface area contributed by atoms with Crippen molar-refractivity contribution in [2.75, 3.05) is 17.6 Å². The molecule has 2 aromatic heterocycles. The smallest absolute Gasteiger partial charge is 0.149 e. The molecule has 1 unspecified atom stereocenters. The molecule has 0 amide bonds. The van der Waals surface area contributed by atoms with Gasteiger partial charge in [0.1, 0.15) is 5.82 Å². The van der Waals surface area contributed by atoms with Crippen molar-refractivity contribution in [3.63, 3.8) is 0 Å². The predicted molar refractivity (Wildman–Crippen MR) is 74.1 cm³/mol. The van der Waals surface area contributed by atoms with Crippen molar-refractivity contribution in [3.05, 3.63) is 39.1 Å². The first-order valence-electron chi connectivity index (χ1n) is 5.02. The Morgan fingerprint density at radius 3 is 3.06 bits per heavy atom. The number of rotatable bonds is 4. The fourth-order valence-electron chi connectivity index (χ4n) is 1.38. The summed E-state index contributed by atoms with van der Waals surface area (Å²) < 4.78 is 0.832. The van der Waals surface area contributed by atoms with E-state index in [1.807, 2.05) is 16.8 Å². The van der Waals surface area contributed by atoms with Crippen LogP contribution in [0.1, 0.15) is 11.7 Å². The molecule has 0 aliphatic carbocycles. The number of anilines is 2. The second-order valence-electron chi connectivity index (χ2n) is 3.54. The number of aromatic nitrogens is 1. The van der Waals surface area contributed by atoms with Gasteiger partial charge in [-0.1, -0.05) is 0 Å². The number of pyridine rings is 1. The average Bonchev–Trinajstić information content (AvgIpc) is 2.81. The highest BCUT2D eigenvalue weighted by Gasteiger charge is 2.09. The van der Waals surface area contributed by atoms with E-state index >= 15 is 0 Å². The number of halogens is 1. The first kappa shape index (κ1) is 12.3. The predicted octanol–water partition coefficient (Wildman–Crippen LogP) is 2.63. The summed E-state index contributed by atoms with van der Waals surface area (Å²) in [4.78, 5) is 4.14. The Morgan fingerprint density at radius 2 is 2.41 bits per heavy atom. The van der Waals surface area contributed by atoms with Crippen LogP contribution in [0, 0.1) is 0 Å². The van der Waals surface area contributed by atoms with Gasteiger partial charge < -0.3 is 16.2 Å².